The molecule has 0 radical (unpaired) electrons. The quantitative estimate of drug-likeness (QED) is 0.863. The first-order valence-corrected chi connectivity index (χ1v) is 9.29. The number of amides is 1. The van der Waals surface area contributed by atoms with Crippen molar-refractivity contribution < 1.29 is 14.1 Å². The summed E-state index contributed by atoms with van der Waals surface area (Å²) in [5, 5.41) is 7.10. The molecule has 2 fully saturated rings. The molecule has 6 heteroatoms. The summed E-state index contributed by atoms with van der Waals surface area (Å²) in [6, 6.07) is 2.53. The largest absolute Gasteiger partial charge is 0.381 e. The number of carbonyl (C=O) groups is 1. The fourth-order valence-corrected chi connectivity index (χ4v) is 3.90. The van der Waals surface area contributed by atoms with Gasteiger partial charge in [0.05, 0.1) is 5.69 Å². The molecule has 134 valence electrons. The molecule has 3 rings (SSSR count). The second-order valence-electron chi connectivity index (χ2n) is 6.96. The minimum absolute atomic E-state index is 0.137. The van der Waals surface area contributed by atoms with Gasteiger partial charge in [0.2, 0.25) is 5.76 Å². The fraction of sp³-hybridized carbons (Fsp3) is 0.778. The highest BCUT2D eigenvalue weighted by Gasteiger charge is 2.37. The van der Waals surface area contributed by atoms with Crippen LogP contribution in [0.25, 0.3) is 0 Å². The second kappa shape index (κ2) is 8.12. The molecule has 1 aromatic rings. The predicted octanol–water partition coefficient (Wildman–Crippen LogP) is 2.25. The molecule has 6 nitrogen and oxygen atoms in total. The number of hydrogen-bond acceptors (Lipinski definition) is 5. The van der Waals surface area contributed by atoms with Crippen LogP contribution in [0.3, 0.4) is 0 Å². The Kier molecular flexibility index (Phi) is 5.89. The lowest BCUT2D eigenvalue weighted by Crippen LogP contribution is -2.42. The lowest BCUT2D eigenvalue weighted by Gasteiger charge is -2.31. The summed E-state index contributed by atoms with van der Waals surface area (Å²) in [6.45, 7) is 7.92. The molecule has 2 saturated heterocycles. The molecule has 3 heterocycles. The SMILES string of the molecule is CCC[C@@H]1CN(C2CCOCC2)C[C@H]1NC(=O)c1cc(CC)no1. The number of carbonyl (C=O) groups excluding carboxylic acids is 1. The maximum Gasteiger partial charge on any atom is 0.290 e. The van der Waals surface area contributed by atoms with E-state index in [0.717, 1.165) is 64.1 Å². The highest BCUT2D eigenvalue weighted by atomic mass is 16.5. The van der Waals surface area contributed by atoms with E-state index >= 15 is 0 Å². The number of rotatable bonds is 6. The average Bonchev–Trinajstić information content (AvgIpc) is 3.23. The number of aromatic nitrogens is 1. The first-order chi connectivity index (χ1) is 11.7. The summed E-state index contributed by atoms with van der Waals surface area (Å²) >= 11 is 0. The van der Waals surface area contributed by atoms with Gasteiger partial charge in [0.15, 0.2) is 0 Å². The molecule has 24 heavy (non-hydrogen) atoms. The van der Waals surface area contributed by atoms with Crippen LogP contribution < -0.4 is 5.32 Å². The first kappa shape index (κ1) is 17.4. The van der Waals surface area contributed by atoms with Crippen molar-refractivity contribution in [1.29, 1.82) is 0 Å². The zero-order valence-electron chi connectivity index (χ0n) is 14.8. The van der Waals surface area contributed by atoms with Crippen molar-refractivity contribution in [2.24, 2.45) is 5.92 Å². The van der Waals surface area contributed by atoms with Crippen LogP contribution in [-0.4, -0.2) is 54.4 Å². The van der Waals surface area contributed by atoms with Gasteiger partial charge in [0.25, 0.3) is 5.91 Å². The Bertz CT molecular complexity index is 539. The molecule has 0 unspecified atom stereocenters. The van der Waals surface area contributed by atoms with E-state index in [4.69, 9.17) is 9.26 Å². The van der Waals surface area contributed by atoms with Gasteiger partial charge in [-0.25, -0.2) is 0 Å². The molecule has 2 aliphatic heterocycles. The molecule has 1 aromatic heterocycles. The van der Waals surface area contributed by atoms with E-state index in [1.165, 1.54) is 0 Å². The Hall–Kier alpha value is -1.40. The van der Waals surface area contributed by atoms with Gasteiger partial charge in [-0.2, -0.15) is 0 Å². The molecule has 2 aliphatic rings. The highest BCUT2D eigenvalue weighted by molar-refractivity contribution is 5.91. The van der Waals surface area contributed by atoms with Crippen molar-refractivity contribution in [3.8, 4) is 0 Å². The minimum atomic E-state index is -0.137. The van der Waals surface area contributed by atoms with Gasteiger partial charge in [0.1, 0.15) is 0 Å². The van der Waals surface area contributed by atoms with Crippen LogP contribution in [0.1, 0.15) is 55.8 Å². The van der Waals surface area contributed by atoms with Gasteiger partial charge in [-0.15, -0.1) is 0 Å². The van der Waals surface area contributed by atoms with E-state index in [9.17, 15) is 4.79 Å². The number of likely N-dealkylation sites (tertiary alicyclic amines) is 1. The van der Waals surface area contributed by atoms with Crippen LogP contribution in [-0.2, 0) is 11.2 Å². The van der Waals surface area contributed by atoms with Crippen molar-refractivity contribution in [2.75, 3.05) is 26.3 Å². The normalized spacial score (nSPS) is 25.9. The van der Waals surface area contributed by atoms with E-state index < -0.39 is 0 Å². The van der Waals surface area contributed by atoms with Crippen LogP contribution in [0.4, 0.5) is 0 Å². The zero-order chi connectivity index (χ0) is 16.9. The molecule has 0 saturated carbocycles. The molecule has 1 N–H and O–H groups in total. The smallest absolute Gasteiger partial charge is 0.290 e. The molecule has 0 aromatic carbocycles. The third-order valence-corrected chi connectivity index (χ3v) is 5.30. The number of aryl methyl sites for hydroxylation is 1. The van der Waals surface area contributed by atoms with E-state index in [0.29, 0.717) is 17.7 Å². The van der Waals surface area contributed by atoms with Gasteiger partial charge in [-0.05, 0) is 31.6 Å². The molecule has 0 bridgehead atoms. The number of ether oxygens (including phenoxy) is 1. The third kappa shape index (κ3) is 3.98. The van der Waals surface area contributed by atoms with Crippen molar-refractivity contribution >= 4 is 5.91 Å². The topological polar surface area (TPSA) is 67.6 Å². The van der Waals surface area contributed by atoms with Crippen LogP contribution in [0.15, 0.2) is 10.6 Å². The molecule has 0 spiro atoms. The summed E-state index contributed by atoms with van der Waals surface area (Å²) in [6.07, 6.45) is 5.25. The van der Waals surface area contributed by atoms with E-state index in [1.54, 1.807) is 6.07 Å². The number of nitrogens with zero attached hydrogens (tertiary/aromatic N) is 2. The van der Waals surface area contributed by atoms with Crippen molar-refractivity contribution in [3.63, 3.8) is 0 Å². The Morgan fingerprint density at radius 3 is 2.79 bits per heavy atom. The molecule has 2 atom stereocenters. The average molecular weight is 335 g/mol. The Morgan fingerprint density at radius 1 is 1.33 bits per heavy atom. The van der Waals surface area contributed by atoms with E-state index in [1.807, 2.05) is 6.92 Å². The van der Waals surface area contributed by atoms with Gasteiger partial charge in [-0.3, -0.25) is 9.69 Å². The zero-order valence-corrected chi connectivity index (χ0v) is 14.8. The van der Waals surface area contributed by atoms with E-state index in [-0.39, 0.29) is 11.9 Å². The maximum atomic E-state index is 12.5. The minimum Gasteiger partial charge on any atom is -0.381 e. The van der Waals surface area contributed by atoms with Gasteiger partial charge in [0, 0.05) is 44.5 Å². The van der Waals surface area contributed by atoms with Crippen LogP contribution >= 0.6 is 0 Å². The van der Waals surface area contributed by atoms with Crippen molar-refractivity contribution in [2.45, 2.75) is 58.0 Å². The number of nitrogens with one attached hydrogen (secondary N) is 1. The van der Waals surface area contributed by atoms with Gasteiger partial charge >= 0.3 is 0 Å². The van der Waals surface area contributed by atoms with E-state index in [2.05, 4.69) is 22.3 Å². The molecular formula is C18H29N3O3. The Morgan fingerprint density at radius 2 is 2.12 bits per heavy atom. The van der Waals surface area contributed by atoms with Crippen molar-refractivity contribution in [1.82, 2.24) is 15.4 Å². The molecule has 1 amide bonds. The van der Waals surface area contributed by atoms with Gasteiger partial charge < -0.3 is 14.6 Å². The summed E-state index contributed by atoms with van der Waals surface area (Å²) in [4.78, 5) is 15.0. The summed E-state index contributed by atoms with van der Waals surface area (Å²) in [7, 11) is 0. The first-order valence-electron chi connectivity index (χ1n) is 9.29. The Labute approximate surface area is 143 Å². The standard InChI is InChI=1S/C18H29N3O3/c1-3-5-13-11-21(15-6-8-23-9-7-15)12-16(13)19-18(22)17-10-14(4-2)20-24-17/h10,13,15-16H,3-9,11-12H2,1-2H3,(H,19,22)/t13-,16-/m1/s1. The lowest BCUT2D eigenvalue weighted by atomic mass is 9.98. The second-order valence-corrected chi connectivity index (χ2v) is 6.96. The number of hydrogen-bond donors (Lipinski definition) is 1. The molecular weight excluding hydrogens is 306 g/mol. The van der Waals surface area contributed by atoms with Gasteiger partial charge in [-0.1, -0.05) is 25.4 Å². The summed E-state index contributed by atoms with van der Waals surface area (Å²) in [5.74, 6) is 0.698. The summed E-state index contributed by atoms with van der Waals surface area (Å²) < 4.78 is 10.7. The monoisotopic (exact) mass is 335 g/mol. The third-order valence-electron chi connectivity index (χ3n) is 5.30. The molecule has 0 aliphatic carbocycles. The van der Waals surface area contributed by atoms with Crippen LogP contribution in [0.2, 0.25) is 0 Å². The van der Waals surface area contributed by atoms with Crippen molar-refractivity contribution in [3.05, 3.63) is 17.5 Å². The lowest BCUT2D eigenvalue weighted by molar-refractivity contribution is 0.0405. The Balaban J connectivity index is 1.62. The fourth-order valence-electron chi connectivity index (χ4n) is 3.90. The maximum absolute atomic E-state index is 12.5. The van der Waals surface area contributed by atoms with Crippen LogP contribution in [0.5, 0.6) is 0 Å². The predicted molar refractivity (Wildman–Crippen MR) is 90.9 cm³/mol. The highest BCUT2D eigenvalue weighted by Crippen LogP contribution is 2.27. The summed E-state index contributed by atoms with van der Waals surface area (Å²) in [5.41, 5.74) is 0.820. The van der Waals surface area contributed by atoms with Crippen LogP contribution in [0, 0.1) is 5.92 Å².